The molecule has 61 valence electrons. The average Bonchev–Trinajstić information content (AvgIpc) is 2.45. The van der Waals surface area contributed by atoms with Crippen LogP contribution >= 0.6 is 0 Å². The van der Waals surface area contributed by atoms with Gasteiger partial charge in [-0.05, 0) is 37.0 Å². The van der Waals surface area contributed by atoms with Crippen LogP contribution in [-0.2, 0) is 4.79 Å². The molecule has 2 heteroatoms. The Labute approximate surface area is 66.6 Å². The highest BCUT2D eigenvalue weighted by Crippen LogP contribution is 2.50. The van der Waals surface area contributed by atoms with Crippen LogP contribution in [0.15, 0.2) is 0 Å². The van der Waals surface area contributed by atoms with Gasteiger partial charge < -0.3 is 5.11 Å². The van der Waals surface area contributed by atoms with E-state index in [2.05, 4.69) is 0 Å². The number of fused-ring (bicyclic) bond motifs is 2. The standard InChI is InChI=1S/C9H13O2/c10-9(11)5-8-4-6-1-2-7(8)3-6/h6-7H,1-5H2,(H,10,11). The summed E-state index contributed by atoms with van der Waals surface area (Å²) in [6, 6.07) is 0. The van der Waals surface area contributed by atoms with Crippen molar-refractivity contribution in [1.82, 2.24) is 0 Å². The largest absolute Gasteiger partial charge is 0.481 e. The topological polar surface area (TPSA) is 37.3 Å². The quantitative estimate of drug-likeness (QED) is 0.657. The van der Waals surface area contributed by atoms with Gasteiger partial charge in [0.15, 0.2) is 0 Å². The molecular formula is C9H13O2. The minimum atomic E-state index is -0.646. The fourth-order valence-electron chi connectivity index (χ4n) is 2.58. The third-order valence-electron chi connectivity index (χ3n) is 3.05. The molecule has 2 fully saturated rings. The van der Waals surface area contributed by atoms with Crippen LogP contribution in [0.1, 0.15) is 32.1 Å². The summed E-state index contributed by atoms with van der Waals surface area (Å²) >= 11 is 0. The summed E-state index contributed by atoms with van der Waals surface area (Å²) in [5.74, 6) is 2.19. The molecular weight excluding hydrogens is 140 g/mol. The highest BCUT2D eigenvalue weighted by molar-refractivity contribution is 5.69. The van der Waals surface area contributed by atoms with Gasteiger partial charge in [0.2, 0.25) is 0 Å². The summed E-state index contributed by atoms with van der Waals surface area (Å²) in [5, 5.41) is 8.58. The van der Waals surface area contributed by atoms with E-state index in [1.54, 1.807) is 0 Å². The van der Waals surface area contributed by atoms with Crippen LogP contribution in [0, 0.1) is 17.8 Å². The van der Waals surface area contributed by atoms with Crippen molar-refractivity contribution >= 4 is 5.97 Å². The number of carboxylic acid groups (broad SMARTS) is 1. The first-order valence-electron chi connectivity index (χ1n) is 4.32. The van der Waals surface area contributed by atoms with Gasteiger partial charge in [-0.2, -0.15) is 0 Å². The Morgan fingerprint density at radius 2 is 2.36 bits per heavy atom. The molecule has 2 unspecified atom stereocenters. The van der Waals surface area contributed by atoms with E-state index in [4.69, 9.17) is 5.11 Å². The molecule has 0 saturated heterocycles. The molecule has 2 rings (SSSR count). The molecule has 2 atom stereocenters. The maximum Gasteiger partial charge on any atom is 0.303 e. The van der Waals surface area contributed by atoms with Crippen LogP contribution in [0.5, 0.6) is 0 Å². The first kappa shape index (κ1) is 7.14. The second-order valence-corrected chi connectivity index (χ2v) is 3.81. The Balaban J connectivity index is 1.92. The van der Waals surface area contributed by atoms with Gasteiger partial charge in [0, 0.05) is 0 Å². The average molecular weight is 153 g/mol. The third-order valence-corrected chi connectivity index (χ3v) is 3.05. The Kier molecular flexibility index (Phi) is 1.63. The van der Waals surface area contributed by atoms with E-state index in [9.17, 15) is 4.79 Å². The normalized spacial score (nSPS) is 36.4. The number of hydrogen-bond donors (Lipinski definition) is 1. The summed E-state index contributed by atoms with van der Waals surface area (Å²) in [4.78, 5) is 10.4. The molecule has 2 bridgehead atoms. The maximum atomic E-state index is 10.4. The van der Waals surface area contributed by atoms with Crippen molar-refractivity contribution in [2.75, 3.05) is 0 Å². The second kappa shape index (κ2) is 2.50. The molecule has 0 aliphatic heterocycles. The number of rotatable bonds is 2. The summed E-state index contributed by atoms with van der Waals surface area (Å²) < 4.78 is 0. The molecule has 2 nitrogen and oxygen atoms in total. The van der Waals surface area contributed by atoms with Gasteiger partial charge in [0.05, 0.1) is 6.42 Å². The fourth-order valence-corrected chi connectivity index (χ4v) is 2.58. The molecule has 11 heavy (non-hydrogen) atoms. The summed E-state index contributed by atoms with van der Waals surface area (Å²) in [6.07, 6.45) is 5.32. The zero-order chi connectivity index (χ0) is 7.84. The van der Waals surface area contributed by atoms with Crippen molar-refractivity contribution in [3.8, 4) is 0 Å². The van der Waals surface area contributed by atoms with Gasteiger partial charge in [-0.25, -0.2) is 0 Å². The molecule has 0 spiro atoms. The number of aliphatic carboxylic acids is 1. The highest BCUT2D eigenvalue weighted by Gasteiger charge is 2.40. The summed E-state index contributed by atoms with van der Waals surface area (Å²) in [6.45, 7) is 0. The Morgan fingerprint density at radius 1 is 1.55 bits per heavy atom. The Morgan fingerprint density at radius 3 is 2.82 bits per heavy atom. The zero-order valence-electron chi connectivity index (χ0n) is 6.55. The van der Waals surface area contributed by atoms with Crippen LogP contribution in [0.3, 0.4) is 0 Å². The zero-order valence-corrected chi connectivity index (χ0v) is 6.55. The maximum absolute atomic E-state index is 10.4. The fraction of sp³-hybridized carbons (Fsp3) is 0.778. The molecule has 0 aromatic heterocycles. The van der Waals surface area contributed by atoms with E-state index in [-0.39, 0.29) is 0 Å². The number of carbonyl (C=O) groups is 1. The second-order valence-electron chi connectivity index (χ2n) is 3.81. The monoisotopic (exact) mass is 153 g/mol. The first-order chi connectivity index (χ1) is 5.25. The van der Waals surface area contributed by atoms with E-state index < -0.39 is 5.97 Å². The molecule has 0 aromatic carbocycles. The predicted molar refractivity (Wildman–Crippen MR) is 40.9 cm³/mol. The van der Waals surface area contributed by atoms with Crippen molar-refractivity contribution in [3.05, 3.63) is 5.92 Å². The van der Waals surface area contributed by atoms with Gasteiger partial charge in [0.25, 0.3) is 0 Å². The van der Waals surface area contributed by atoms with Crippen LogP contribution in [0.4, 0.5) is 0 Å². The summed E-state index contributed by atoms with van der Waals surface area (Å²) in [7, 11) is 0. The Hall–Kier alpha value is -0.530. The van der Waals surface area contributed by atoms with E-state index in [1.807, 2.05) is 0 Å². The molecule has 1 radical (unpaired) electrons. The lowest BCUT2D eigenvalue weighted by Gasteiger charge is -2.18. The molecule has 2 saturated carbocycles. The lowest BCUT2D eigenvalue weighted by Crippen LogP contribution is -2.12. The summed E-state index contributed by atoms with van der Waals surface area (Å²) in [5.41, 5.74) is 0. The van der Waals surface area contributed by atoms with Crippen LogP contribution in [-0.4, -0.2) is 11.1 Å². The van der Waals surface area contributed by atoms with Crippen LogP contribution in [0.25, 0.3) is 0 Å². The Bertz CT molecular complexity index is 176. The van der Waals surface area contributed by atoms with Crippen LogP contribution in [0.2, 0.25) is 0 Å². The van der Waals surface area contributed by atoms with Crippen molar-refractivity contribution in [1.29, 1.82) is 0 Å². The number of carboxylic acids is 1. The smallest absolute Gasteiger partial charge is 0.303 e. The molecule has 2 aliphatic carbocycles. The van der Waals surface area contributed by atoms with E-state index in [1.165, 1.54) is 25.2 Å². The molecule has 1 N–H and O–H groups in total. The van der Waals surface area contributed by atoms with E-state index >= 15 is 0 Å². The lowest BCUT2D eigenvalue weighted by atomic mass is 9.86. The molecule has 0 aromatic rings. The van der Waals surface area contributed by atoms with Gasteiger partial charge in [-0.3, -0.25) is 4.79 Å². The van der Waals surface area contributed by atoms with E-state index in [0.29, 0.717) is 12.3 Å². The van der Waals surface area contributed by atoms with Crippen molar-refractivity contribution in [2.24, 2.45) is 11.8 Å². The van der Waals surface area contributed by atoms with Crippen molar-refractivity contribution in [2.45, 2.75) is 32.1 Å². The van der Waals surface area contributed by atoms with Gasteiger partial charge in [0.1, 0.15) is 0 Å². The third kappa shape index (κ3) is 1.26. The SMILES string of the molecule is O=C(O)C[C]1CC2CCC1C2. The lowest BCUT2D eigenvalue weighted by molar-refractivity contribution is -0.136. The minimum absolute atomic E-state index is 0.334. The highest BCUT2D eigenvalue weighted by atomic mass is 16.4. The molecule has 2 aliphatic rings. The van der Waals surface area contributed by atoms with Gasteiger partial charge in [-0.1, -0.05) is 6.42 Å². The van der Waals surface area contributed by atoms with Crippen molar-refractivity contribution in [3.63, 3.8) is 0 Å². The van der Waals surface area contributed by atoms with Gasteiger partial charge in [-0.15, -0.1) is 0 Å². The first-order valence-corrected chi connectivity index (χ1v) is 4.32. The molecule has 0 amide bonds. The predicted octanol–water partition coefficient (Wildman–Crippen LogP) is 1.86. The minimum Gasteiger partial charge on any atom is -0.481 e. The van der Waals surface area contributed by atoms with Gasteiger partial charge >= 0.3 is 5.97 Å². The van der Waals surface area contributed by atoms with Crippen LogP contribution < -0.4 is 0 Å². The molecule has 0 heterocycles. The van der Waals surface area contributed by atoms with E-state index in [0.717, 1.165) is 12.3 Å². The number of hydrogen-bond acceptors (Lipinski definition) is 1. The van der Waals surface area contributed by atoms with Crippen molar-refractivity contribution < 1.29 is 9.90 Å².